The summed E-state index contributed by atoms with van der Waals surface area (Å²) in [7, 11) is 0. The molecule has 0 aliphatic heterocycles. The van der Waals surface area contributed by atoms with E-state index in [-0.39, 0.29) is 0 Å². The summed E-state index contributed by atoms with van der Waals surface area (Å²) in [5.74, 6) is -2.86. The molecular weight excluding hydrogens is 239 g/mol. The SMILES string of the molecule is Nc1nc(C(F)F)c(OC(F)(F)F)cc1O. The van der Waals surface area contributed by atoms with Gasteiger partial charge in [0, 0.05) is 6.07 Å². The second-order valence-corrected chi connectivity index (χ2v) is 2.62. The Labute approximate surface area is 85.5 Å². The van der Waals surface area contributed by atoms with E-state index in [1.807, 2.05) is 0 Å². The molecule has 1 aromatic rings. The minimum absolute atomic E-state index is 0.331. The number of halogens is 5. The summed E-state index contributed by atoms with van der Waals surface area (Å²) in [4.78, 5) is 2.91. The average molecular weight is 244 g/mol. The highest BCUT2D eigenvalue weighted by molar-refractivity contribution is 5.51. The number of anilines is 1. The lowest BCUT2D eigenvalue weighted by Gasteiger charge is -2.13. The highest BCUT2D eigenvalue weighted by atomic mass is 19.4. The molecule has 16 heavy (non-hydrogen) atoms. The minimum Gasteiger partial charge on any atom is -0.504 e. The number of ether oxygens (including phenoxy) is 1. The smallest absolute Gasteiger partial charge is 0.504 e. The number of hydrogen-bond acceptors (Lipinski definition) is 4. The lowest BCUT2D eigenvalue weighted by Crippen LogP contribution is -2.19. The van der Waals surface area contributed by atoms with Crippen LogP contribution in [0.4, 0.5) is 27.8 Å². The number of rotatable bonds is 2. The van der Waals surface area contributed by atoms with Crippen molar-refractivity contribution in [1.82, 2.24) is 4.98 Å². The molecule has 1 rings (SSSR count). The fourth-order valence-corrected chi connectivity index (χ4v) is 0.877. The molecule has 0 radical (unpaired) electrons. The van der Waals surface area contributed by atoms with Crippen molar-refractivity contribution in [3.05, 3.63) is 11.8 Å². The maximum Gasteiger partial charge on any atom is 0.573 e. The van der Waals surface area contributed by atoms with Gasteiger partial charge in [0.1, 0.15) is 0 Å². The molecule has 0 bridgehead atoms. The van der Waals surface area contributed by atoms with Crippen LogP contribution in [0.5, 0.6) is 11.5 Å². The van der Waals surface area contributed by atoms with E-state index in [4.69, 9.17) is 10.8 Å². The monoisotopic (exact) mass is 244 g/mol. The zero-order valence-electron chi connectivity index (χ0n) is 7.42. The van der Waals surface area contributed by atoms with E-state index in [9.17, 15) is 22.0 Å². The Balaban J connectivity index is 3.20. The number of aromatic hydroxyl groups is 1. The molecule has 0 fully saturated rings. The van der Waals surface area contributed by atoms with Crippen molar-refractivity contribution in [2.75, 3.05) is 5.73 Å². The summed E-state index contributed by atoms with van der Waals surface area (Å²) in [6.07, 6.45) is -8.46. The largest absolute Gasteiger partial charge is 0.573 e. The van der Waals surface area contributed by atoms with Gasteiger partial charge in [-0.15, -0.1) is 13.2 Å². The van der Waals surface area contributed by atoms with E-state index in [1.165, 1.54) is 0 Å². The Morgan fingerprint density at radius 3 is 2.38 bits per heavy atom. The summed E-state index contributed by atoms with van der Waals surface area (Å²) in [5, 5.41) is 8.92. The molecule has 0 saturated heterocycles. The molecule has 0 aromatic carbocycles. The minimum atomic E-state index is -5.16. The summed E-state index contributed by atoms with van der Waals surface area (Å²) < 4.78 is 63.2. The topological polar surface area (TPSA) is 68.4 Å². The first-order valence-corrected chi connectivity index (χ1v) is 3.74. The molecule has 1 heterocycles. The van der Waals surface area contributed by atoms with Gasteiger partial charge in [0.2, 0.25) is 0 Å². The number of nitrogens with zero attached hydrogens (tertiary/aromatic N) is 1. The third kappa shape index (κ3) is 2.84. The first-order valence-electron chi connectivity index (χ1n) is 3.74. The van der Waals surface area contributed by atoms with Gasteiger partial charge in [-0.3, -0.25) is 0 Å². The highest BCUT2D eigenvalue weighted by Crippen LogP contribution is 2.35. The zero-order chi connectivity index (χ0) is 12.5. The third-order valence-corrected chi connectivity index (χ3v) is 1.46. The average Bonchev–Trinajstić information content (AvgIpc) is 2.07. The second-order valence-electron chi connectivity index (χ2n) is 2.62. The standard InChI is InChI=1S/C7H5F5N2O2/c8-5(9)4-3(16-7(10,11)12)1-2(15)6(13)14-4/h1,5,15H,(H2,13,14). The number of nitrogens with two attached hydrogens (primary N) is 1. The van der Waals surface area contributed by atoms with Gasteiger partial charge in [-0.05, 0) is 0 Å². The molecule has 90 valence electrons. The van der Waals surface area contributed by atoms with E-state index in [2.05, 4.69) is 9.72 Å². The van der Waals surface area contributed by atoms with Crippen LogP contribution in [0.1, 0.15) is 12.1 Å². The molecule has 1 aromatic heterocycles. The van der Waals surface area contributed by atoms with Crippen molar-refractivity contribution in [2.24, 2.45) is 0 Å². The quantitative estimate of drug-likeness (QED) is 0.782. The molecule has 4 nitrogen and oxygen atoms in total. The van der Waals surface area contributed by atoms with Crippen molar-refractivity contribution in [3.63, 3.8) is 0 Å². The van der Waals surface area contributed by atoms with Gasteiger partial charge in [0.25, 0.3) is 6.43 Å². The predicted octanol–water partition coefficient (Wildman–Crippen LogP) is 2.21. The Bertz CT molecular complexity index is 393. The van der Waals surface area contributed by atoms with Gasteiger partial charge in [0.05, 0.1) is 0 Å². The van der Waals surface area contributed by atoms with Crippen LogP contribution in [-0.4, -0.2) is 16.5 Å². The molecule has 0 spiro atoms. The second kappa shape index (κ2) is 3.99. The summed E-state index contributed by atoms with van der Waals surface area (Å²) in [5.41, 5.74) is 3.68. The Morgan fingerprint density at radius 1 is 1.38 bits per heavy atom. The molecule has 0 aliphatic rings. The highest BCUT2D eigenvalue weighted by Gasteiger charge is 2.34. The van der Waals surface area contributed by atoms with Crippen LogP contribution in [0.2, 0.25) is 0 Å². The predicted molar refractivity (Wildman–Crippen MR) is 42.0 cm³/mol. The van der Waals surface area contributed by atoms with Crippen LogP contribution in [0, 0.1) is 0 Å². The van der Waals surface area contributed by atoms with Gasteiger partial charge in [0.15, 0.2) is 23.0 Å². The number of hydrogen-bond donors (Lipinski definition) is 2. The molecule has 0 amide bonds. The fourth-order valence-electron chi connectivity index (χ4n) is 0.877. The van der Waals surface area contributed by atoms with Gasteiger partial charge in [-0.2, -0.15) is 0 Å². The molecule has 9 heteroatoms. The van der Waals surface area contributed by atoms with E-state index in [0.717, 1.165) is 0 Å². The number of nitrogen functional groups attached to an aromatic ring is 1. The van der Waals surface area contributed by atoms with E-state index < -0.39 is 35.8 Å². The van der Waals surface area contributed by atoms with Gasteiger partial charge in [-0.1, -0.05) is 0 Å². The Hall–Kier alpha value is -1.80. The van der Waals surface area contributed by atoms with Crippen molar-refractivity contribution >= 4 is 5.82 Å². The van der Waals surface area contributed by atoms with E-state index in [1.54, 1.807) is 0 Å². The van der Waals surface area contributed by atoms with Gasteiger partial charge >= 0.3 is 6.36 Å². The van der Waals surface area contributed by atoms with Crippen LogP contribution in [0.15, 0.2) is 6.07 Å². The van der Waals surface area contributed by atoms with Crippen molar-refractivity contribution in [3.8, 4) is 11.5 Å². The van der Waals surface area contributed by atoms with Crippen LogP contribution in [-0.2, 0) is 0 Å². The molecule has 0 saturated carbocycles. The third-order valence-electron chi connectivity index (χ3n) is 1.46. The Morgan fingerprint density at radius 2 is 1.94 bits per heavy atom. The fraction of sp³-hybridized carbons (Fsp3) is 0.286. The Kier molecular flexibility index (Phi) is 3.06. The molecule has 3 N–H and O–H groups in total. The summed E-state index contributed by atoms with van der Waals surface area (Å²) in [6, 6.07) is 0.331. The maximum atomic E-state index is 12.3. The molecular formula is C7H5F5N2O2. The first-order chi connectivity index (χ1) is 7.20. The van der Waals surface area contributed by atoms with Crippen LogP contribution in [0.25, 0.3) is 0 Å². The zero-order valence-corrected chi connectivity index (χ0v) is 7.42. The van der Waals surface area contributed by atoms with Crippen molar-refractivity contribution in [2.45, 2.75) is 12.8 Å². The van der Waals surface area contributed by atoms with Gasteiger partial charge in [-0.25, -0.2) is 13.8 Å². The number of alkyl halides is 5. The van der Waals surface area contributed by atoms with Crippen LogP contribution in [0.3, 0.4) is 0 Å². The first kappa shape index (κ1) is 12.3. The van der Waals surface area contributed by atoms with Gasteiger partial charge < -0.3 is 15.6 Å². The lowest BCUT2D eigenvalue weighted by atomic mass is 10.3. The lowest BCUT2D eigenvalue weighted by molar-refractivity contribution is -0.275. The maximum absolute atomic E-state index is 12.3. The molecule has 0 aliphatic carbocycles. The van der Waals surface area contributed by atoms with Crippen molar-refractivity contribution < 1.29 is 31.8 Å². The van der Waals surface area contributed by atoms with Crippen LogP contribution >= 0.6 is 0 Å². The summed E-state index contributed by atoms with van der Waals surface area (Å²) >= 11 is 0. The summed E-state index contributed by atoms with van der Waals surface area (Å²) in [6.45, 7) is 0. The number of aromatic nitrogens is 1. The molecule has 0 atom stereocenters. The number of pyridine rings is 1. The normalized spacial score (nSPS) is 11.9. The molecule has 0 unspecified atom stereocenters. The van der Waals surface area contributed by atoms with E-state index in [0.29, 0.717) is 6.07 Å². The van der Waals surface area contributed by atoms with Crippen molar-refractivity contribution in [1.29, 1.82) is 0 Å². The van der Waals surface area contributed by atoms with Crippen LogP contribution < -0.4 is 10.5 Å². The van der Waals surface area contributed by atoms with E-state index >= 15 is 0 Å².